The molecule has 2 aromatic carbocycles. The number of urea groups is 1. The fourth-order valence-corrected chi connectivity index (χ4v) is 4.78. The van der Waals surface area contributed by atoms with Crippen molar-refractivity contribution in [2.45, 2.75) is 36.1 Å². The molecule has 6 nitrogen and oxygen atoms in total. The van der Waals surface area contributed by atoms with E-state index < -0.39 is 40.6 Å². The molecule has 2 aromatic rings. The lowest BCUT2D eigenvalue weighted by molar-refractivity contribution is -0.262. The number of likely N-dealkylation sites (tertiary alicyclic amines) is 1. The van der Waals surface area contributed by atoms with Crippen molar-refractivity contribution in [2.24, 2.45) is 0 Å². The third-order valence-electron chi connectivity index (χ3n) is 6.62. The Balaban J connectivity index is 1.59. The molecule has 1 unspecified atom stereocenters. The quantitative estimate of drug-likeness (QED) is 0.610. The van der Waals surface area contributed by atoms with Crippen LogP contribution in [-0.4, -0.2) is 53.3 Å². The summed E-state index contributed by atoms with van der Waals surface area (Å²) in [5.41, 5.74) is -4.28. The van der Waals surface area contributed by atoms with Gasteiger partial charge in [-0.3, -0.25) is 4.79 Å². The van der Waals surface area contributed by atoms with Gasteiger partial charge >= 0.3 is 12.2 Å². The Hall–Kier alpha value is -3.14. The monoisotopic (exact) mass is 465 g/mol. The second kappa shape index (κ2) is 8.33. The molecule has 2 aliphatic heterocycles. The van der Waals surface area contributed by atoms with Crippen LogP contribution in [0.1, 0.15) is 29.9 Å². The van der Waals surface area contributed by atoms with Crippen molar-refractivity contribution in [3.63, 3.8) is 0 Å². The van der Waals surface area contributed by atoms with Gasteiger partial charge in [0.15, 0.2) is 0 Å². The fraction of sp³-hybridized carbons (Fsp3) is 0.391. The number of alkyl halides is 3. The molecule has 2 heterocycles. The Morgan fingerprint density at radius 2 is 1.64 bits per heavy atom. The first-order valence-electron chi connectivity index (χ1n) is 10.5. The summed E-state index contributed by atoms with van der Waals surface area (Å²) >= 11 is 0. The number of aliphatic hydroxyl groups is 1. The molecule has 2 fully saturated rings. The van der Waals surface area contributed by atoms with Crippen LogP contribution in [-0.2, 0) is 10.4 Å². The van der Waals surface area contributed by atoms with Crippen LogP contribution in [0.3, 0.4) is 0 Å². The number of halogens is 4. The van der Waals surface area contributed by atoms with Crippen LogP contribution in [0.2, 0.25) is 0 Å². The minimum atomic E-state index is -5.22. The van der Waals surface area contributed by atoms with E-state index in [1.165, 1.54) is 30.3 Å². The smallest absolute Gasteiger partial charge is 0.369 e. The molecule has 176 valence electrons. The maximum Gasteiger partial charge on any atom is 0.430 e. The largest absolute Gasteiger partial charge is 0.430 e. The summed E-state index contributed by atoms with van der Waals surface area (Å²) < 4.78 is 55.1. The van der Waals surface area contributed by atoms with Gasteiger partial charge < -0.3 is 20.6 Å². The number of nitrogens with one attached hydrogen (secondary N) is 2. The highest BCUT2D eigenvalue weighted by atomic mass is 19.4. The van der Waals surface area contributed by atoms with Crippen molar-refractivity contribution in [3.8, 4) is 0 Å². The average molecular weight is 465 g/mol. The molecule has 0 aliphatic carbocycles. The van der Waals surface area contributed by atoms with E-state index >= 15 is 0 Å². The van der Waals surface area contributed by atoms with Crippen LogP contribution in [0, 0.1) is 5.82 Å². The molecule has 3 amide bonds. The van der Waals surface area contributed by atoms with Gasteiger partial charge in [0.25, 0.3) is 11.5 Å². The van der Waals surface area contributed by atoms with Crippen LogP contribution in [0.4, 0.5) is 22.4 Å². The number of carbonyl (C=O) groups is 2. The highest BCUT2D eigenvalue weighted by molar-refractivity contribution is 5.87. The lowest BCUT2D eigenvalue weighted by Gasteiger charge is -2.50. The van der Waals surface area contributed by atoms with Gasteiger partial charge in [-0.1, -0.05) is 42.5 Å². The normalized spacial score (nSPS) is 22.3. The molecule has 2 atom stereocenters. The molecule has 33 heavy (non-hydrogen) atoms. The molecule has 0 aromatic heterocycles. The van der Waals surface area contributed by atoms with Gasteiger partial charge in [-0.05, 0) is 30.5 Å². The Morgan fingerprint density at radius 3 is 2.21 bits per heavy atom. The number of carbonyl (C=O) groups excluding carboxylic acids is 2. The maximum absolute atomic E-state index is 13.9. The van der Waals surface area contributed by atoms with Crippen LogP contribution < -0.4 is 10.6 Å². The van der Waals surface area contributed by atoms with Crippen LogP contribution in [0.5, 0.6) is 0 Å². The standard InChI is InChI=1S/C23H23F4N3O3/c24-17-8-6-15(7-9-17)18-14-28-20(32)29-21(18)10-12-30(13-11-21)19(31)22(33,23(25,26)27)16-4-2-1-3-5-16/h1-9,18,33H,10-14H2,(H2,28,29,32)/t18?,22-/m1/s1. The van der Waals surface area contributed by atoms with E-state index in [0.29, 0.717) is 0 Å². The first-order chi connectivity index (χ1) is 15.6. The zero-order chi connectivity index (χ0) is 23.9. The summed E-state index contributed by atoms with van der Waals surface area (Å²) in [6, 6.07) is 11.7. The second-order valence-corrected chi connectivity index (χ2v) is 8.46. The average Bonchev–Trinajstić information content (AvgIpc) is 2.79. The van der Waals surface area contributed by atoms with Crippen molar-refractivity contribution < 1.29 is 32.3 Å². The highest BCUT2D eigenvalue weighted by Gasteiger charge is 2.62. The van der Waals surface area contributed by atoms with Crippen molar-refractivity contribution in [3.05, 3.63) is 71.5 Å². The van der Waals surface area contributed by atoms with E-state index in [1.807, 2.05) is 0 Å². The molecule has 1 spiro atoms. The third-order valence-corrected chi connectivity index (χ3v) is 6.62. The Kier molecular flexibility index (Phi) is 5.81. The molecule has 2 saturated heterocycles. The Morgan fingerprint density at radius 1 is 1.03 bits per heavy atom. The van der Waals surface area contributed by atoms with E-state index in [4.69, 9.17) is 0 Å². The summed E-state index contributed by atoms with van der Waals surface area (Å²) in [6.07, 6.45) is -4.87. The zero-order valence-electron chi connectivity index (χ0n) is 17.5. The number of benzene rings is 2. The summed E-state index contributed by atoms with van der Waals surface area (Å²) in [7, 11) is 0. The molecule has 0 radical (unpaired) electrons. The summed E-state index contributed by atoms with van der Waals surface area (Å²) in [5.74, 6) is -2.13. The number of hydrogen-bond acceptors (Lipinski definition) is 3. The SMILES string of the molecule is O=C1NCC(c2ccc(F)cc2)C2(CCN(C(=O)[C@](O)(c3ccccc3)C(F)(F)F)CC2)N1. The predicted octanol–water partition coefficient (Wildman–Crippen LogP) is 3.03. The number of hydrogen-bond donors (Lipinski definition) is 3. The summed E-state index contributed by atoms with van der Waals surface area (Å²) in [6.45, 7) is 0.0754. The van der Waals surface area contributed by atoms with E-state index in [2.05, 4.69) is 10.6 Å². The van der Waals surface area contributed by atoms with Crippen LogP contribution in [0.15, 0.2) is 54.6 Å². The van der Waals surface area contributed by atoms with Gasteiger partial charge in [-0.15, -0.1) is 0 Å². The van der Waals surface area contributed by atoms with Crippen molar-refractivity contribution >= 4 is 11.9 Å². The number of piperidine rings is 1. The number of nitrogens with zero attached hydrogens (tertiary/aromatic N) is 1. The molecular formula is C23H23F4N3O3. The predicted molar refractivity (Wildman–Crippen MR) is 111 cm³/mol. The Labute approximate surface area is 187 Å². The van der Waals surface area contributed by atoms with Crippen molar-refractivity contribution in [1.82, 2.24) is 15.5 Å². The van der Waals surface area contributed by atoms with Gasteiger partial charge in [0.05, 0.1) is 5.54 Å². The minimum Gasteiger partial charge on any atom is -0.369 e. The maximum atomic E-state index is 13.9. The Bertz CT molecular complexity index is 1020. The molecule has 10 heteroatoms. The van der Waals surface area contributed by atoms with Gasteiger partial charge in [0.1, 0.15) is 5.82 Å². The van der Waals surface area contributed by atoms with Gasteiger partial charge in [0, 0.05) is 31.1 Å². The lowest BCUT2D eigenvalue weighted by atomic mass is 9.71. The molecule has 4 rings (SSSR count). The highest BCUT2D eigenvalue weighted by Crippen LogP contribution is 2.43. The molecule has 2 aliphatic rings. The van der Waals surface area contributed by atoms with Crippen molar-refractivity contribution in [1.29, 1.82) is 0 Å². The van der Waals surface area contributed by atoms with E-state index in [1.54, 1.807) is 12.1 Å². The summed E-state index contributed by atoms with van der Waals surface area (Å²) in [5, 5.41) is 16.2. The minimum absolute atomic E-state index is 0.0952. The van der Waals surface area contributed by atoms with Gasteiger partial charge in [0.2, 0.25) is 0 Å². The topological polar surface area (TPSA) is 81.7 Å². The number of amides is 3. The zero-order valence-corrected chi connectivity index (χ0v) is 17.5. The molecule has 0 bridgehead atoms. The molecular weight excluding hydrogens is 442 g/mol. The van der Waals surface area contributed by atoms with Crippen molar-refractivity contribution in [2.75, 3.05) is 19.6 Å². The van der Waals surface area contributed by atoms with Gasteiger partial charge in [-0.2, -0.15) is 13.2 Å². The first-order valence-corrected chi connectivity index (χ1v) is 10.5. The lowest BCUT2D eigenvalue weighted by Crippen LogP contribution is -2.67. The van der Waals surface area contributed by atoms with E-state index in [-0.39, 0.29) is 38.4 Å². The number of rotatable bonds is 3. The van der Waals surface area contributed by atoms with E-state index in [0.717, 1.165) is 22.6 Å². The van der Waals surface area contributed by atoms with Crippen LogP contribution >= 0.6 is 0 Å². The first kappa shape index (κ1) is 23.0. The van der Waals surface area contributed by atoms with Crippen LogP contribution in [0.25, 0.3) is 0 Å². The summed E-state index contributed by atoms with van der Waals surface area (Å²) in [4.78, 5) is 26.1. The molecule has 3 N–H and O–H groups in total. The van der Waals surface area contributed by atoms with Gasteiger partial charge in [-0.25, -0.2) is 9.18 Å². The fourth-order valence-electron chi connectivity index (χ4n) is 4.78. The second-order valence-electron chi connectivity index (χ2n) is 8.46. The third kappa shape index (κ3) is 4.03. The van der Waals surface area contributed by atoms with E-state index in [9.17, 15) is 32.3 Å². The molecule has 0 saturated carbocycles.